The lowest BCUT2D eigenvalue weighted by molar-refractivity contribution is 0.553. The molecule has 20 heavy (non-hydrogen) atoms. The SMILES string of the molecule is CNC(Cc1c(Cl)c(C)nn1C)c1cc(C)cc(F)c1. The summed E-state index contributed by atoms with van der Waals surface area (Å²) in [6.07, 6.45) is 0.662. The molecule has 1 aromatic carbocycles. The minimum absolute atomic E-state index is 0.00306. The van der Waals surface area contributed by atoms with Crippen molar-refractivity contribution in [2.45, 2.75) is 26.3 Å². The van der Waals surface area contributed by atoms with Crippen molar-refractivity contribution in [1.29, 1.82) is 0 Å². The van der Waals surface area contributed by atoms with Gasteiger partial charge in [-0.1, -0.05) is 17.7 Å². The van der Waals surface area contributed by atoms with Crippen LogP contribution in [0, 0.1) is 19.7 Å². The first-order chi connectivity index (χ1) is 9.42. The van der Waals surface area contributed by atoms with E-state index in [1.807, 2.05) is 34.0 Å². The van der Waals surface area contributed by atoms with Crippen LogP contribution in [0.15, 0.2) is 18.2 Å². The van der Waals surface area contributed by atoms with Crippen LogP contribution in [-0.2, 0) is 13.5 Å². The molecule has 1 heterocycles. The standard InChI is InChI=1S/C15H19ClFN3/c1-9-5-11(7-12(17)6-9)13(18-3)8-14-15(16)10(2)19-20(14)4/h5-7,13,18H,8H2,1-4H3. The average molecular weight is 296 g/mol. The van der Waals surface area contributed by atoms with Gasteiger partial charge in [0.1, 0.15) is 5.82 Å². The summed E-state index contributed by atoms with van der Waals surface area (Å²) in [6, 6.07) is 5.07. The molecule has 1 aromatic heterocycles. The van der Waals surface area contributed by atoms with Gasteiger partial charge in [0.25, 0.3) is 0 Å². The number of rotatable bonds is 4. The van der Waals surface area contributed by atoms with Crippen LogP contribution in [0.3, 0.4) is 0 Å². The molecule has 1 unspecified atom stereocenters. The highest BCUT2D eigenvalue weighted by Crippen LogP contribution is 2.26. The predicted octanol–water partition coefficient (Wildman–Crippen LogP) is 3.33. The molecule has 5 heteroatoms. The lowest BCUT2D eigenvalue weighted by Gasteiger charge is -2.18. The van der Waals surface area contributed by atoms with Crippen molar-refractivity contribution in [1.82, 2.24) is 15.1 Å². The molecule has 0 saturated heterocycles. The van der Waals surface area contributed by atoms with Crippen LogP contribution < -0.4 is 5.32 Å². The van der Waals surface area contributed by atoms with Crippen molar-refractivity contribution in [3.63, 3.8) is 0 Å². The van der Waals surface area contributed by atoms with Crippen molar-refractivity contribution < 1.29 is 4.39 Å². The Morgan fingerprint density at radius 2 is 2.05 bits per heavy atom. The number of aromatic nitrogens is 2. The normalized spacial score (nSPS) is 12.7. The number of aryl methyl sites for hydroxylation is 3. The summed E-state index contributed by atoms with van der Waals surface area (Å²) in [5.74, 6) is -0.215. The van der Waals surface area contributed by atoms with E-state index in [0.29, 0.717) is 11.4 Å². The second kappa shape index (κ2) is 5.94. The maximum Gasteiger partial charge on any atom is 0.123 e. The van der Waals surface area contributed by atoms with Gasteiger partial charge in [-0.2, -0.15) is 5.10 Å². The summed E-state index contributed by atoms with van der Waals surface area (Å²) in [7, 11) is 3.74. The lowest BCUT2D eigenvalue weighted by Crippen LogP contribution is -2.20. The van der Waals surface area contributed by atoms with E-state index in [9.17, 15) is 4.39 Å². The fourth-order valence-corrected chi connectivity index (χ4v) is 2.68. The fraction of sp³-hybridized carbons (Fsp3) is 0.400. The van der Waals surface area contributed by atoms with Gasteiger partial charge in [0, 0.05) is 19.5 Å². The van der Waals surface area contributed by atoms with E-state index >= 15 is 0 Å². The molecular formula is C15H19ClFN3. The predicted molar refractivity (Wildman–Crippen MR) is 79.6 cm³/mol. The number of likely N-dealkylation sites (N-methyl/N-ethyl adjacent to an activating group) is 1. The zero-order valence-corrected chi connectivity index (χ0v) is 12.9. The summed E-state index contributed by atoms with van der Waals surface area (Å²) < 4.78 is 15.3. The molecule has 0 aliphatic carbocycles. The molecule has 0 radical (unpaired) electrons. The molecule has 0 aliphatic heterocycles. The number of nitrogens with one attached hydrogen (secondary N) is 1. The summed E-state index contributed by atoms with van der Waals surface area (Å²) in [5, 5.41) is 8.21. The number of benzene rings is 1. The van der Waals surface area contributed by atoms with Gasteiger partial charge in [0.15, 0.2) is 0 Å². The first-order valence-electron chi connectivity index (χ1n) is 6.54. The van der Waals surface area contributed by atoms with Crippen LogP contribution in [-0.4, -0.2) is 16.8 Å². The van der Waals surface area contributed by atoms with Gasteiger partial charge in [-0.15, -0.1) is 0 Å². The molecular weight excluding hydrogens is 277 g/mol. The highest BCUT2D eigenvalue weighted by atomic mass is 35.5. The van der Waals surface area contributed by atoms with Crippen molar-refractivity contribution in [3.8, 4) is 0 Å². The Hall–Kier alpha value is -1.39. The second-order valence-electron chi connectivity index (χ2n) is 5.08. The summed E-state index contributed by atoms with van der Waals surface area (Å²) in [6.45, 7) is 3.77. The summed E-state index contributed by atoms with van der Waals surface area (Å²) >= 11 is 6.28. The minimum Gasteiger partial charge on any atom is -0.313 e. The summed E-state index contributed by atoms with van der Waals surface area (Å²) in [4.78, 5) is 0. The van der Waals surface area contributed by atoms with Crippen molar-refractivity contribution in [3.05, 3.63) is 51.6 Å². The van der Waals surface area contributed by atoms with Gasteiger partial charge in [-0.3, -0.25) is 4.68 Å². The van der Waals surface area contributed by atoms with E-state index in [1.54, 1.807) is 10.7 Å². The fourth-order valence-electron chi connectivity index (χ4n) is 2.45. The van der Waals surface area contributed by atoms with E-state index in [4.69, 9.17) is 11.6 Å². The Bertz CT molecular complexity index is 602. The third-order valence-corrected chi connectivity index (χ3v) is 3.97. The number of nitrogens with zero attached hydrogens (tertiary/aromatic N) is 2. The van der Waals surface area contributed by atoms with Gasteiger partial charge in [0.2, 0.25) is 0 Å². The van der Waals surface area contributed by atoms with Crippen LogP contribution in [0.5, 0.6) is 0 Å². The Balaban J connectivity index is 2.33. The second-order valence-corrected chi connectivity index (χ2v) is 5.45. The molecule has 1 N–H and O–H groups in total. The largest absolute Gasteiger partial charge is 0.313 e. The van der Waals surface area contributed by atoms with Crippen LogP contribution in [0.4, 0.5) is 4.39 Å². The van der Waals surface area contributed by atoms with Gasteiger partial charge in [-0.05, 0) is 44.2 Å². The van der Waals surface area contributed by atoms with Gasteiger partial charge in [-0.25, -0.2) is 4.39 Å². The zero-order chi connectivity index (χ0) is 14.9. The highest BCUT2D eigenvalue weighted by molar-refractivity contribution is 6.31. The molecule has 108 valence electrons. The van der Waals surface area contributed by atoms with Crippen LogP contribution >= 0.6 is 11.6 Å². The quantitative estimate of drug-likeness (QED) is 0.937. The van der Waals surface area contributed by atoms with Crippen LogP contribution in [0.25, 0.3) is 0 Å². The van der Waals surface area contributed by atoms with Crippen molar-refractivity contribution in [2.75, 3.05) is 7.05 Å². The first-order valence-corrected chi connectivity index (χ1v) is 6.92. The van der Waals surface area contributed by atoms with Crippen LogP contribution in [0.2, 0.25) is 5.02 Å². The lowest BCUT2D eigenvalue weighted by atomic mass is 10.00. The van der Waals surface area contributed by atoms with Crippen molar-refractivity contribution in [2.24, 2.45) is 7.05 Å². The van der Waals surface area contributed by atoms with E-state index < -0.39 is 0 Å². The number of hydrogen-bond donors (Lipinski definition) is 1. The first kappa shape index (κ1) is 15.0. The Morgan fingerprint density at radius 1 is 1.35 bits per heavy atom. The molecule has 0 fully saturated rings. The number of hydrogen-bond acceptors (Lipinski definition) is 2. The maximum atomic E-state index is 13.6. The molecule has 2 rings (SSSR count). The molecule has 0 spiro atoms. The van der Waals surface area contributed by atoms with E-state index in [0.717, 1.165) is 22.5 Å². The maximum absolute atomic E-state index is 13.6. The van der Waals surface area contributed by atoms with Gasteiger partial charge in [0.05, 0.1) is 16.4 Å². The van der Waals surface area contributed by atoms with Crippen LogP contribution in [0.1, 0.15) is 28.6 Å². The average Bonchev–Trinajstić information content (AvgIpc) is 2.60. The summed E-state index contributed by atoms with van der Waals surface area (Å²) in [5.41, 5.74) is 3.59. The van der Waals surface area contributed by atoms with E-state index in [1.165, 1.54) is 6.07 Å². The molecule has 0 aliphatic rings. The Kier molecular flexibility index (Phi) is 4.45. The Labute approximate surface area is 123 Å². The Morgan fingerprint density at radius 3 is 2.55 bits per heavy atom. The van der Waals surface area contributed by atoms with Crippen molar-refractivity contribution >= 4 is 11.6 Å². The van der Waals surface area contributed by atoms with E-state index in [-0.39, 0.29) is 11.9 Å². The monoisotopic (exact) mass is 295 g/mol. The molecule has 0 bridgehead atoms. The third-order valence-electron chi connectivity index (χ3n) is 3.47. The molecule has 2 aromatic rings. The number of halogens is 2. The topological polar surface area (TPSA) is 29.9 Å². The highest BCUT2D eigenvalue weighted by Gasteiger charge is 2.18. The molecule has 0 amide bonds. The van der Waals surface area contributed by atoms with Gasteiger partial charge < -0.3 is 5.32 Å². The zero-order valence-electron chi connectivity index (χ0n) is 12.2. The molecule has 3 nitrogen and oxygen atoms in total. The smallest absolute Gasteiger partial charge is 0.123 e. The molecule has 1 atom stereocenters. The molecule has 0 saturated carbocycles. The van der Waals surface area contributed by atoms with E-state index in [2.05, 4.69) is 10.4 Å². The van der Waals surface area contributed by atoms with Gasteiger partial charge >= 0.3 is 0 Å². The third kappa shape index (κ3) is 3.02. The minimum atomic E-state index is -0.215.